The molecule has 0 radical (unpaired) electrons. The fraction of sp³-hybridized carbons (Fsp3) is 0.545. The maximum absolute atomic E-state index is 11.5. The molecule has 1 unspecified atom stereocenters. The summed E-state index contributed by atoms with van der Waals surface area (Å²) in [5.74, 6) is -1.43. The standard InChI is InChI=1S/C11H17N5O4/c1-7(17)2-3-13-10(18)6-16-5-8(14-15-16)4-9(12)11(19)20/h5,9H,2-4,6,12H2,1H3,(H,13,18)(H,19,20). The number of Topliss-reactive ketones (excluding diaryl/α,β-unsaturated/α-hetero) is 1. The fourth-order valence-corrected chi connectivity index (χ4v) is 1.40. The molecule has 0 saturated carbocycles. The van der Waals surface area contributed by atoms with Gasteiger partial charge in [-0.2, -0.15) is 0 Å². The highest BCUT2D eigenvalue weighted by molar-refractivity contribution is 5.78. The molecule has 0 spiro atoms. The lowest BCUT2D eigenvalue weighted by atomic mass is 10.2. The maximum atomic E-state index is 11.5. The zero-order valence-corrected chi connectivity index (χ0v) is 11.1. The molecule has 1 amide bonds. The van der Waals surface area contributed by atoms with Crippen LogP contribution in [0.3, 0.4) is 0 Å². The number of nitrogens with zero attached hydrogens (tertiary/aromatic N) is 3. The van der Waals surface area contributed by atoms with E-state index in [9.17, 15) is 14.4 Å². The van der Waals surface area contributed by atoms with Gasteiger partial charge in [-0.1, -0.05) is 5.21 Å². The van der Waals surface area contributed by atoms with Crippen LogP contribution in [0.15, 0.2) is 6.20 Å². The van der Waals surface area contributed by atoms with Crippen LogP contribution in [0.1, 0.15) is 19.0 Å². The van der Waals surface area contributed by atoms with E-state index in [4.69, 9.17) is 10.8 Å². The number of rotatable bonds is 8. The van der Waals surface area contributed by atoms with Gasteiger partial charge in [-0.15, -0.1) is 5.10 Å². The Labute approximate surface area is 115 Å². The molecule has 0 fully saturated rings. The summed E-state index contributed by atoms with van der Waals surface area (Å²) in [6.45, 7) is 1.67. The number of carboxylic acids is 1. The van der Waals surface area contributed by atoms with Gasteiger partial charge in [-0.25, -0.2) is 4.68 Å². The predicted molar refractivity (Wildman–Crippen MR) is 67.6 cm³/mol. The molecule has 9 heteroatoms. The van der Waals surface area contributed by atoms with E-state index in [0.29, 0.717) is 5.69 Å². The average molecular weight is 283 g/mol. The van der Waals surface area contributed by atoms with E-state index in [1.165, 1.54) is 17.8 Å². The first-order chi connectivity index (χ1) is 9.38. The molecular formula is C11H17N5O4. The lowest BCUT2D eigenvalue weighted by Crippen LogP contribution is -2.32. The zero-order chi connectivity index (χ0) is 15.1. The average Bonchev–Trinajstić information content (AvgIpc) is 2.75. The molecule has 4 N–H and O–H groups in total. The molecule has 1 atom stereocenters. The van der Waals surface area contributed by atoms with Gasteiger partial charge in [0.2, 0.25) is 5.91 Å². The number of nitrogens with two attached hydrogens (primary N) is 1. The normalized spacial score (nSPS) is 11.9. The number of carboxylic acid groups (broad SMARTS) is 1. The number of ketones is 1. The third kappa shape index (κ3) is 5.57. The van der Waals surface area contributed by atoms with Gasteiger partial charge in [-0.3, -0.25) is 14.4 Å². The van der Waals surface area contributed by atoms with Crippen molar-refractivity contribution in [3.05, 3.63) is 11.9 Å². The van der Waals surface area contributed by atoms with Crippen LogP contribution < -0.4 is 11.1 Å². The summed E-state index contributed by atoms with van der Waals surface area (Å²) in [6, 6.07) is -1.05. The van der Waals surface area contributed by atoms with Crippen molar-refractivity contribution in [2.75, 3.05) is 6.54 Å². The SMILES string of the molecule is CC(=O)CCNC(=O)Cn1cc(CC(N)C(=O)O)nn1. The van der Waals surface area contributed by atoms with Crippen LogP contribution in [0.5, 0.6) is 0 Å². The largest absolute Gasteiger partial charge is 0.480 e. The Morgan fingerprint density at radius 1 is 1.50 bits per heavy atom. The van der Waals surface area contributed by atoms with Crippen LogP contribution in [0.25, 0.3) is 0 Å². The molecular weight excluding hydrogens is 266 g/mol. The highest BCUT2D eigenvalue weighted by Crippen LogP contribution is 1.98. The van der Waals surface area contributed by atoms with Crippen LogP contribution in [0.2, 0.25) is 0 Å². The number of aliphatic carboxylic acids is 1. The number of carbonyl (C=O) groups is 3. The Morgan fingerprint density at radius 3 is 2.80 bits per heavy atom. The van der Waals surface area contributed by atoms with Crippen molar-refractivity contribution in [3.63, 3.8) is 0 Å². The number of nitrogens with one attached hydrogen (secondary N) is 1. The molecule has 0 aliphatic heterocycles. The van der Waals surface area contributed by atoms with Gasteiger partial charge >= 0.3 is 5.97 Å². The molecule has 0 aromatic carbocycles. The molecule has 1 aromatic heterocycles. The Morgan fingerprint density at radius 2 is 2.20 bits per heavy atom. The summed E-state index contributed by atoms with van der Waals surface area (Å²) in [5.41, 5.74) is 5.76. The van der Waals surface area contributed by atoms with Crippen LogP contribution in [-0.2, 0) is 27.3 Å². The highest BCUT2D eigenvalue weighted by atomic mass is 16.4. The molecule has 1 heterocycles. The second kappa shape index (κ2) is 7.34. The van der Waals surface area contributed by atoms with Gasteiger partial charge in [-0.05, 0) is 6.92 Å². The van der Waals surface area contributed by atoms with Gasteiger partial charge in [0.05, 0.1) is 5.69 Å². The Bertz CT molecular complexity index is 499. The van der Waals surface area contributed by atoms with E-state index in [0.717, 1.165) is 0 Å². The Balaban J connectivity index is 2.41. The van der Waals surface area contributed by atoms with E-state index >= 15 is 0 Å². The van der Waals surface area contributed by atoms with Crippen molar-refractivity contribution in [1.82, 2.24) is 20.3 Å². The van der Waals surface area contributed by atoms with Gasteiger partial charge in [0, 0.05) is 25.6 Å². The molecule has 110 valence electrons. The zero-order valence-electron chi connectivity index (χ0n) is 11.1. The van der Waals surface area contributed by atoms with E-state index < -0.39 is 12.0 Å². The van der Waals surface area contributed by atoms with Crippen LogP contribution in [0.4, 0.5) is 0 Å². The predicted octanol–water partition coefficient (Wildman–Crippen LogP) is -1.67. The lowest BCUT2D eigenvalue weighted by Gasteiger charge is -2.03. The van der Waals surface area contributed by atoms with Gasteiger partial charge in [0.25, 0.3) is 0 Å². The molecule has 0 bridgehead atoms. The minimum absolute atomic E-state index is 0.00370. The second-order valence-corrected chi connectivity index (χ2v) is 4.36. The van der Waals surface area contributed by atoms with Crippen molar-refractivity contribution in [1.29, 1.82) is 0 Å². The number of carbonyl (C=O) groups excluding carboxylic acids is 2. The lowest BCUT2D eigenvalue weighted by molar-refractivity contribution is -0.138. The van der Waals surface area contributed by atoms with Crippen LogP contribution >= 0.6 is 0 Å². The number of amides is 1. The van der Waals surface area contributed by atoms with Gasteiger partial charge in [0.1, 0.15) is 18.4 Å². The van der Waals surface area contributed by atoms with Gasteiger partial charge in [0.15, 0.2) is 0 Å². The van der Waals surface area contributed by atoms with Crippen LogP contribution in [-0.4, -0.2) is 50.3 Å². The first-order valence-electron chi connectivity index (χ1n) is 6.02. The third-order valence-electron chi connectivity index (χ3n) is 2.44. The molecule has 0 aliphatic carbocycles. The molecule has 20 heavy (non-hydrogen) atoms. The van der Waals surface area contributed by atoms with E-state index in [1.807, 2.05) is 0 Å². The number of hydrogen-bond donors (Lipinski definition) is 3. The summed E-state index contributed by atoms with van der Waals surface area (Å²) in [7, 11) is 0. The number of hydrogen-bond acceptors (Lipinski definition) is 6. The maximum Gasteiger partial charge on any atom is 0.320 e. The first-order valence-corrected chi connectivity index (χ1v) is 6.02. The number of aromatic nitrogens is 3. The van der Waals surface area contributed by atoms with Crippen molar-refractivity contribution in [2.45, 2.75) is 32.4 Å². The van der Waals surface area contributed by atoms with E-state index in [2.05, 4.69) is 15.6 Å². The van der Waals surface area contributed by atoms with Gasteiger partial charge < -0.3 is 16.2 Å². The third-order valence-corrected chi connectivity index (χ3v) is 2.44. The Kier molecular flexibility index (Phi) is 5.78. The van der Waals surface area contributed by atoms with E-state index in [1.54, 1.807) is 0 Å². The van der Waals surface area contributed by atoms with Crippen molar-refractivity contribution >= 4 is 17.7 Å². The Hall–Kier alpha value is -2.29. The summed E-state index contributed by atoms with van der Waals surface area (Å²) in [5, 5.41) is 18.7. The minimum atomic E-state index is -1.12. The summed E-state index contributed by atoms with van der Waals surface area (Å²) in [4.78, 5) is 32.8. The van der Waals surface area contributed by atoms with Crippen molar-refractivity contribution < 1.29 is 19.5 Å². The van der Waals surface area contributed by atoms with Crippen molar-refractivity contribution in [3.8, 4) is 0 Å². The smallest absolute Gasteiger partial charge is 0.320 e. The summed E-state index contributed by atoms with van der Waals surface area (Å²) in [6.07, 6.45) is 1.79. The molecule has 9 nitrogen and oxygen atoms in total. The van der Waals surface area contributed by atoms with E-state index in [-0.39, 0.29) is 37.6 Å². The molecule has 1 rings (SSSR count). The second-order valence-electron chi connectivity index (χ2n) is 4.36. The minimum Gasteiger partial charge on any atom is -0.480 e. The molecule has 1 aromatic rings. The summed E-state index contributed by atoms with van der Waals surface area (Å²) >= 11 is 0. The van der Waals surface area contributed by atoms with Crippen LogP contribution in [0, 0.1) is 0 Å². The quantitative estimate of drug-likeness (QED) is 0.518. The fourth-order valence-electron chi connectivity index (χ4n) is 1.40. The monoisotopic (exact) mass is 283 g/mol. The topological polar surface area (TPSA) is 140 Å². The molecule has 0 aliphatic rings. The highest BCUT2D eigenvalue weighted by Gasteiger charge is 2.15. The van der Waals surface area contributed by atoms with Crippen molar-refractivity contribution in [2.24, 2.45) is 5.73 Å². The molecule has 0 saturated heterocycles. The first kappa shape index (κ1) is 15.8. The summed E-state index contributed by atoms with van der Waals surface area (Å²) < 4.78 is 1.28.